The molecule has 1 rings (SSSR count). The van der Waals surface area contributed by atoms with E-state index in [2.05, 4.69) is 13.5 Å². The number of unbranched alkanes of at least 4 members (excludes halogenated alkanes) is 4. The van der Waals surface area contributed by atoms with Crippen molar-refractivity contribution in [1.82, 2.24) is 0 Å². The Morgan fingerprint density at radius 3 is 2.36 bits per heavy atom. The van der Waals surface area contributed by atoms with Crippen LogP contribution in [0, 0.1) is 0 Å². The molecule has 1 atom stereocenters. The summed E-state index contributed by atoms with van der Waals surface area (Å²) >= 11 is 0. The molecule has 5 heteroatoms. The Morgan fingerprint density at radius 2 is 1.68 bits per heavy atom. The molecule has 0 spiro atoms. The van der Waals surface area contributed by atoms with Crippen LogP contribution in [0.1, 0.15) is 58.8 Å². The van der Waals surface area contributed by atoms with Crippen molar-refractivity contribution < 1.29 is 13.9 Å². The van der Waals surface area contributed by atoms with Crippen LogP contribution in [0.25, 0.3) is 0 Å². The van der Waals surface area contributed by atoms with Gasteiger partial charge in [0.05, 0.1) is 21.9 Å². The highest BCUT2D eigenvalue weighted by Crippen LogP contribution is 2.20. The average molecular weight is 379 g/mol. The zero-order chi connectivity index (χ0) is 18.2. The summed E-state index contributed by atoms with van der Waals surface area (Å²) in [5.74, 6) is 1.89. The molecule has 0 amide bonds. The summed E-state index contributed by atoms with van der Waals surface area (Å²) in [6.07, 6.45) is 8.51. The van der Waals surface area contributed by atoms with E-state index in [1.807, 2.05) is 31.2 Å². The molecule has 0 aliphatic carbocycles. The standard InChI is InChI=1S/C20H34O3Si2/c1-4-6-8-11-20(24-3)23-19-14-12-18(13-15-19)21-16-9-7-10-17-25-22-5-2/h12-15,20H,4-11,16-17H2,1-3H3. The minimum Gasteiger partial charge on any atom is -0.495 e. The van der Waals surface area contributed by atoms with E-state index in [9.17, 15) is 0 Å². The zero-order valence-corrected chi connectivity index (χ0v) is 18.2. The molecule has 1 aromatic rings. The highest BCUT2D eigenvalue weighted by molar-refractivity contribution is 6.35. The number of hydrogen-bond acceptors (Lipinski definition) is 3. The van der Waals surface area contributed by atoms with Crippen LogP contribution in [0.5, 0.6) is 11.5 Å². The molecule has 0 heterocycles. The lowest BCUT2D eigenvalue weighted by atomic mass is 10.2. The van der Waals surface area contributed by atoms with Crippen molar-refractivity contribution in [2.24, 2.45) is 0 Å². The maximum absolute atomic E-state index is 6.10. The summed E-state index contributed by atoms with van der Waals surface area (Å²) in [4.78, 5) is 0. The van der Waals surface area contributed by atoms with Crippen molar-refractivity contribution in [1.29, 1.82) is 0 Å². The number of rotatable bonds is 16. The Kier molecular flexibility index (Phi) is 13.8. The lowest BCUT2D eigenvalue weighted by molar-refractivity contribution is 0.260. The molecule has 0 bridgehead atoms. The second-order valence-corrected chi connectivity index (χ2v) is 8.40. The third-order valence-electron chi connectivity index (χ3n) is 3.93. The number of ether oxygens (including phenoxy) is 2. The maximum atomic E-state index is 6.10. The van der Waals surface area contributed by atoms with Crippen LogP contribution in [0.2, 0.25) is 12.6 Å². The second-order valence-electron chi connectivity index (χ2n) is 6.10. The quantitative estimate of drug-likeness (QED) is 0.287. The predicted molar refractivity (Wildman–Crippen MR) is 108 cm³/mol. The lowest BCUT2D eigenvalue weighted by Crippen LogP contribution is -2.22. The fourth-order valence-electron chi connectivity index (χ4n) is 2.46. The molecule has 4 radical (unpaired) electrons. The van der Waals surface area contributed by atoms with Gasteiger partial charge in [-0.15, -0.1) is 0 Å². The molecule has 0 saturated carbocycles. The highest BCUT2D eigenvalue weighted by Gasteiger charge is 2.08. The smallest absolute Gasteiger partial charge is 0.229 e. The first-order chi connectivity index (χ1) is 12.3. The molecule has 1 unspecified atom stereocenters. The number of benzene rings is 1. The van der Waals surface area contributed by atoms with Crippen molar-refractivity contribution in [3.63, 3.8) is 0 Å². The molecular formula is C20H34O3Si2. The molecule has 0 saturated heterocycles. The molecule has 0 aromatic heterocycles. The van der Waals surface area contributed by atoms with Crippen LogP contribution >= 0.6 is 0 Å². The van der Waals surface area contributed by atoms with Gasteiger partial charge in [0, 0.05) is 6.61 Å². The van der Waals surface area contributed by atoms with E-state index in [0.29, 0.717) is 15.5 Å². The van der Waals surface area contributed by atoms with Crippen LogP contribution in [0.15, 0.2) is 24.3 Å². The first-order valence-electron chi connectivity index (χ1n) is 9.71. The van der Waals surface area contributed by atoms with E-state index >= 15 is 0 Å². The lowest BCUT2D eigenvalue weighted by Gasteiger charge is -2.17. The van der Waals surface area contributed by atoms with Gasteiger partial charge in [-0.3, -0.25) is 0 Å². The van der Waals surface area contributed by atoms with Gasteiger partial charge in [0.2, 0.25) is 9.76 Å². The largest absolute Gasteiger partial charge is 0.495 e. The Labute approximate surface area is 159 Å². The summed E-state index contributed by atoms with van der Waals surface area (Å²) < 4.78 is 17.3. The van der Waals surface area contributed by atoms with Gasteiger partial charge in [0.15, 0.2) is 0 Å². The fourth-order valence-corrected chi connectivity index (χ4v) is 3.95. The topological polar surface area (TPSA) is 27.7 Å². The highest BCUT2D eigenvalue weighted by atomic mass is 28.2. The van der Waals surface area contributed by atoms with E-state index < -0.39 is 0 Å². The minimum absolute atomic E-state index is 0.357. The van der Waals surface area contributed by atoms with Crippen molar-refractivity contribution >= 4 is 19.3 Å². The normalized spacial score (nSPS) is 12.1. The predicted octanol–water partition coefficient (Wildman–Crippen LogP) is 5.35. The fraction of sp³-hybridized carbons (Fsp3) is 0.700. The van der Waals surface area contributed by atoms with Gasteiger partial charge in [-0.05, 0) is 50.1 Å². The van der Waals surface area contributed by atoms with Crippen LogP contribution in [0.4, 0.5) is 0 Å². The Bertz CT molecular complexity index is 412. The number of hydrogen-bond donors (Lipinski definition) is 0. The van der Waals surface area contributed by atoms with Gasteiger partial charge in [0.25, 0.3) is 0 Å². The van der Waals surface area contributed by atoms with Gasteiger partial charge in [-0.25, -0.2) is 0 Å². The van der Waals surface area contributed by atoms with Crippen LogP contribution in [0.3, 0.4) is 0 Å². The van der Waals surface area contributed by atoms with Crippen molar-refractivity contribution in [2.45, 2.75) is 77.1 Å². The summed E-state index contributed by atoms with van der Waals surface area (Å²) in [6.45, 7) is 8.13. The summed E-state index contributed by atoms with van der Waals surface area (Å²) in [6, 6.07) is 9.29. The van der Waals surface area contributed by atoms with Crippen LogP contribution < -0.4 is 9.47 Å². The molecular weight excluding hydrogens is 344 g/mol. The van der Waals surface area contributed by atoms with Crippen LogP contribution in [-0.4, -0.2) is 38.2 Å². The van der Waals surface area contributed by atoms with Gasteiger partial charge in [-0.2, -0.15) is 0 Å². The molecule has 1 aromatic carbocycles. The van der Waals surface area contributed by atoms with Crippen molar-refractivity contribution in [3.8, 4) is 11.5 Å². The van der Waals surface area contributed by atoms with Gasteiger partial charge in [-0.1, -0.05) is 45.6 Å². The first-order valence-corrected chi connectivity index (χ1v) is 12.4. The molecule has 0 aliphatic heterocycles. The van der Waals surface area contributed by atoms with E-state index in [0.717, 1.165) is 47.1 Å². The molecule has 0 aliphatic rings. The average Bonchev–Trinajstić information content (AvgIpc) is 2.64. The maximum Gasteiger partial charge on any atom is 0.229 e. The van der Waals surface area contributed by atoms with Crippen molar-refractivity contribution in [2.75, 3.05) is 13.2 Å². The van der Waals surface area contributed by atoms with Gasteiger partial charge in [0.1, 0.15) is 11.5 Å². The zero-order valence-electron chi connectivity index (χ0n) is 16.2. The Morgan fingerprint density at radius 1 is 0.920 bits per heavy atom. The first kappa shape index (κ1) is 22.3. The van der Waals surface area contributed by atoms with Crippen LogP contribution in [-0.2, 0) is 4.43 Å². The SMILES string of the molecule is CCCCCC(Oc1ccc(OCCCCC[Si]OCC)cc1)[Si]C. The minimum atomic E-state index is 0.357. The summed E-state index contributed by atoms with van der Waals surface area (Å²) in [7, 11) is 1.48. The Balaban J connectivity index is 2.18. The van der Waals surface area contributed by atoms with E-state index in [1.54, 1.807) is 0 Å². The Hall–Kier alpha value is -0.786. The van der Waals surface area contributed by atoms with E-state index in [1.165, 1.54) is 38.1 Å². The second kappa shape index (κ2) is 15.5. The third kappa shape index (κ3) is 11.4. The van der Waals surface area contributed by atoms with Gasteiger partial charge >= 0.3 is 0 Å². The summed E-state index contributed by atoms with van der Waals surface area (Å²) in [5.41, 5.74) is 0.357. The molecule has 3 nitrogen and oxygen atoms in total. The summed E-state index contributed by atoms with van der Waals surface area (Å²) in [5, 5.41) is 0. The molecule has 25 heavy (non-hydrogen) atoms. The van der Waals surface area contributed by atoms with Gasteiger partial charge < -0.3 is 13.9 Å². The molecule has 0 N–H and O–H groups in total. The van der Waals surface area contributed by atoms with E-state index in [-0.39, 0.29) is 0 Å². The third-order valence-corrected chi connectivity index (χ3v) is 6.03. The van der Waals surface area contributed by atoms with E-state index in [4.69, 9.17) is 13.9 Å². The molecule has 140 valence electrons. The molecule has 0 fully saturated rings. The van der Waals surface area contributed by atoms with Crippen molar-refractivity contribution in [3.05, 3.63) is 24.3 Å². The monoisotopic (exact) mass is 378 g/mol.